The van der Waals surface area contributed by atoms with Crippen LogP contribution in [0.15, 0.2) is 66.7 Å². The second-order valence-corrected chi connectivity index (χ2v) is 5.69. The van der Waals surface area contributed by atoms with E-state index in [1.807, 2.05) is 6.07 Å². The molecule has 3 N–H and O–H groups in total. The number of amides is 2. The molecule has 1 unspecified atom stereocenters. The predicted molar refractivity (Wildman–Crippen MR) is 93.2 cm³/mol. The van der Waals surface area contributed by atoms with Crippen molar-refractivity contribution in [1.29, 1.82) is 0 Å². The Balaban J connectivity index is 1.84. The molecular weight excluding hydrogens is 323 g/mol. The predicted octanol–water partition coefficient (Wildman–Crippen LogP) is 2.34. The molecule has 0 radical (unpaired) electrons. The average Bonchev–Trinajstić information content (AvgIpc) is 2.61. The Hall–Kier alpha value is -2.99. The number of rotatable bonds is 6. The number of hydrogen-bond acceptors (Lipinski definition) is 3. The minimum atomic E-state index is -1.22. The fourth-order valence-corrected chi connectivity index (χ4v) is 2.09. The third-order valence-corrected chi connectivity index (χ3v) is 3.50. The van der Waals surface area contributed by atoms with Gasteiger partial charge in [-0.3, -0.25) is 9.59 Å². The van der Waals surface area contributed by atoms with Gasteiger partial charge in [-0.15, -0.1) is 0 Å². The Morgan fingerprint density at radius 2 is 1.64 bits per heavy atom. The summed E-state index contributed by atoms with van der Waals surface area (Å²) in [5.74, 6) is -1.43. The van der Waals surface area contributed by atoms with Crippen molar-refractivity contribution in [2.75, 3.05) is 11.9 Å². The quantitative estimate of drug-likeness (QED) is 0.705. The summed E-state index contributed by atoms with van der Waals surface area (Å²) in [5, 5.41) is 15.4. The van der Waals surface area contributed by atoms with E-state index in [4.69, 9.17) is 0 Å². The summed E-state index contributed by atoms with van der Waals surface area (Å²) in [5.41, 5.74) is -0.127. The SMILES string of the molecule is CC(O)(CNC(=O)/C=C/C(=O)Nc1ccc(F)cc1)c1ccccc1. The van der Waals surface area contributed by atoms with Crippen LogP contribution in [0.1, 0.15) is 12.5 Å². The first-order chi connectivity index (χ1) is 11.9. The molecule has 2 aromatic rings. The normalized spacial score (nSPS) is 13.2. The van der Waals surface area contributed by atoms with Gasteiger partial charge in [-0.25, -0.2) is 4.39 Å². The number of anilines is 1. The zero-order valence-corrected chi connectivity index (χ0v) is 13.7. The number of halogens is 1. The summed E-state index contributed by atoms with van der Waals surface area (Å²) in [6.45, 7) is 1.59. The molecule has 130 valence electrons. The molecule has 6 heteroatoms. The van der Waals surface area contributed by atoms with Crippen LogP contribution >= 0.6 is 0 Å². The van der Waals surface area contributed by atoms with Gasteiger partial charge >= 0.3 is 0 Å². The first-order valence-corrected chi connectivity index (χ1v) is 7.67. The number of hydrogen-bond donors (Lipinski definition) is 3. The molecule has 0 aliphatic rings. The highest BCUT2D eigenvalue weighted by Crippen LogP contribution is 2.18. The zero-order chi connectivity index (χ0) is 18.3. The van der Waals surface area contributed by atoms with Crippen molar-refractivity contribution in [1.82, 2.24) is 5.32 Å². The van der Waals surface area contributed by atoms with Gasteiger partial charge in [0.2, 0.25) is 11.8 Å². The van der Waals surface area contributed by atoms with Crippen molar-refractivity contribution >= 4 is 17.5 Å². The van der Waals surface area contributed by atoms with Gasteiger partial charge in [-0.2, -0.15) is 0 Å². The maximum atomic E-state index is 12.8. The van der Waals surface area contributed by atoms with Crippen LogP contribution in [-0.4, -0.2) is 23.5 Å². The van der Waals surface area contributed by atoms with E-state index in [1.54, 1.807) is 31.2 Å². The Bertz CT molecular complexity index is 756. The Morgan fingerprint density at radius 1 is 1.04 bits per heavy atom. The van der Waals surface area contributed by atoms with Crippen molar-refractivity contribution < 1.29 is 19.1 Å². The summed E-state index contributed by atoms with van der Waals surface area (Å²) in [6, 6.07) is 14.2. The molecule has 0 saturated carbocycles. The van der Waals surface area contributed by atoms with Crippen molar-refractivity contribution in [3.05, 3.63) is 78.1 Å². The Morgan fingerprint density at radius 3 is 2.28 bits per heavy atom. The van der Waals surface area contributed by atoms with Gasteiger partial charge < -0.3 is 15.7 Å². The highest BCUT2D eigenvalue weighted by Gasteiger charge is 2.22. The highest BCUT2D eigenvalue weighted by atomic mass is 19.1. The summed E-state index contributed by atoms with van der Waals surface area (Å²) in [7, 11) is 0. The number of carbonyl (C=O) groups excluding carboxylic acids is 2. The van der Waals surface area contributed by atoms with Crippen LogP contribution < -0.4 is 10.6 Å². The maximum absolute atomic E-state index is 12.8. The van der Waals surface area contributed by atoms with Crippen molar-refractivity contribution in [2.24, 2.45) is 0 Å². The fourth-order valence-electron chi connectivity index (χ4n) is 2.09. The number of nitrogens with one attached hydrogen (secondary N) is 2. The summed E-state index contributed by atoms with van der Waals surface area (Å²) < 4.78 is 12.8. The lowest BCUT2D eigenvalue weighted by atomic mass is 9.96. The van der Waals surface area contributed by atoms with Gasteiger partial charge in [0.15, 0.2) is 0 Å². The highest BCUT2D eigenvalue weighted by molar-refractivity contribution is 6.03. The van der Waals surface area contributed by atoms with Crippen LogP contribution in [0.2, 0.25) is 0 Å². The molecule has 2 aromatic carbocycles. The van der Waals surface area contributed by atoms with E-state index >= 15 is 0 Å². The first kappa shape index (κ1) is 18.4. The lowest BCUT2D eigenvalue weighted by molar-refractivity contribution is -0.118. The van der Waals surface area contributed by atoms with Gasteiger partial charge in [0.05, 0.1) is 6.54 Å². The molecule has 0 saturated heterocycles. The Labute approximate surface area is 145 Å². The molecule has 1 atom stereocenters. The van der Waals surface area contributed by atoms with Gasteiger partial charge in [0.1, 0.15) is 11.4 Å². The second-order valence-electron chi connectivity index (χ2n) is 5.69. The minimum absolute atomic E-state index is 0.000230. The maximum Gasteiger partial charge on any atom is 0.248 e. The van der Waals surface area contributed by atoms with Gasteiger partial charge in [-0.1, -0.05) is 30.3 Å². The molecule has 0 spiro atoms. The van der Waals surface area contributed by atoms with Crippen LogP contribution in [0.4, 0.5) is 10.1 Å². The summed E-state index contributed by atoms with van der Waals surface area (Å²) in [6.07, 6.45) is 2.13. The molecule has 0 fully saturated rings. The Kier molecular flexibility index (Phi) is 6.03. The van der Waals surface area contributed by atoms with E-state index in [9.17, 15) is 19.1 Å². The van der Waals surface area contributed by atoms with E-state index in [1.165, 1.54) is 24.3 Å². The van der Waals surface area contributed by atoms with E-state index in [0.29, 0.717) is 11.3 Å². The minimum Gasteiger partial charge on any atom is -0.384 e. The van der Waals surface area contributed by atoms with Gasteiger partial charge in [0.25, 0.3) is 0 Å². The van der Waals surface area contributed by atoms with E-state index in [-0.39, 0.29) is 6.54 Å². The smallest absolute Gasteiger partial charge is 0.248 e. The molecule has 0 aromatic heterocycles. The van der Waals surface area contributed by atoms with Crippen LogP contribution in [0.5, 0.6) is 0 Å². The lowest BCUT2D eigenvalue weighted by Crippen LogP contribution is -2.38. The molecule has 0 heterocycles. The van der Waals surface area contributed by atoms with Gasteiger partial charge in [0, 0.05) is 17.8 Å². The fraction of sp³-hybridized carbons (Fsp3) is 0.158. The molecular formula is C19H19FN2O3. The van der Waals surface area contributed by atoms with Gasteiger partial charge in [-0.05, 0) is 36.8 Å². The third-order valence-electron chi connectivity index (χ3n) is 3.50. The van der Waals surface area contributed by atoms with Crippen LogP contribution in [0.3, 0.4) is 0 Å². The number of aliphatic hydroxyl groups is 1. The standard InChI is InChI=1S/C19H19FN2O3/c1-19(25,14-5-3-2-4-6-14)13-21-17(23)11-12-18(24)22-16-9-7-15(20)8-10-16/h2-12,25H,13H2,1H3,(H,21,23)(H,22,24)/b12-11+. The van der Waals surface area contributed by atoms with E-state index < -0.39 is 23.2 Å². The first-order valence-electron chi connectivity index (χ1n) is 7.67. The molecule has 0 bridgehead atoms. The molecule has 0 aliphatic carbocycles. The zero-order valence-electron chi connectivity index (χ0n) is 13.7. The molecule has 2 amide bonds. The summed E-state index contributed by atoms with van der Waals surface area (Å²) >= 11 is 0. The molecule has 2 rings (SSSR count). The monoisotopic (exact) mass is 342 g/mol. The topological polar surface area (TPSA) is 78.4 Å². The van der Waals surface area contributed by atoms with E-state index in [2.05, 4.69) is 10.6 Å². The number of benzene rings is 2. The second kappa shape index (κ2) is 8.21. The largest absolute Gasteiger partial charge is 0.384 e. The van der Waals surface area contributed by atoms with Crippen LogP contribution in [-0.2, 0) is 15.2 Å². The van der Waals surface area contributed by atoms with Crippen molar-refractivity contribution in [3.8, 4) is 0 Å². The summed E-state index contributed by atoms with van der Waals surface area (Å²) in [4.78, 5) is 23.5. The average molecular weight is 342 g/mol. The van der Waals surface area contributed by atoms with Crippen molar-refractivity contribution in [2.45, 2.75) is 12.5 Å². The molecule has 5 nitrogen and oxygen atoms in total. The number of carbonyl (C=O) groups is 2. The van der Waals surface area contributed by atoms with Crippen LogP contribution in [0.25, 0.3) is 0 Å². The van der Waals surface area contributed by atoms with Crippen LogP contribution in [0, 0.1) is 5.82 Å². The molecule has 25 heavy (non-hydrogen) atoms. The third kappa shape index (κ3) is 5.86. The molecule has 0 aliphatic heterocycles. The lowest BCUT2D eigenvalue weighted by Gasteiger charge is -2.23. The van der Waals surface area contributed by atoms with Crippen molar-refractivity contribution in [3.63, 3.8) is 0 Å². The van der Waals surface area contributed by atoms with E-state index in [0.717, 1.165) is 12.2 Å².